The largest absolute Gasteiger partial charge is 0.505 e. The van der Waals surface area contributed by atoms with Gasteiger partial charge in [0.25, 0.3) is 0 Å². The summed E-state index contributed by atoms with van der Waals surface area (Å²) >= 11 is 0. The molecule has 0 radical (unpaired) electrons. The first-order valence-corrected chi connectivity index (χ1v) is 9.63. The van der Waals surface area contributed by atoms with Crippen LogP contribution in [-0.2, 0) is 6.54 Å². The zero-order valence-electron chi connectivity index (χ0n) is 16.6. The molecule has 5 rings (SSSR count). The first-order chi connectivity index (χ1) is 15.1. The highest BCUT2D eigenvalue weighted by molar-refractivity contribution is 6.17. The van der Waals surface area contributed by atoms with Gasteiger partial charge in [0.2, 0.25) is 11.8 Å². The molecule has 0 aliphatic carbocycles. The molecule has 0 spiro atoms. The van der Waals surface area contributed by atoms with Gasteiger partial charge in [-0.2, -0.15) is 0 Å². The number of methoxy groups -OCH3 is 1. The third kappa shape index (κ3) is 3.02. The fourth-order valence-corrected chi connectivity index (χ4v) is 3.97. The second kappa shape index (κ2) is 7.28. The van der Waals surface area contributed by atoms with Crippen molar-refractivity contribution in [3.63, 3.8) is 0 Å². The molecule has 2 aromatic carbocycles. The maximum Gasteiger partial charge on any atom is 0.221 e. The van der Waals surface area contributed by atoms with Gasteiger partial charge in [0.1, 0.15) is 11.3 Å². The molecule has 0 aliphatic rings. The smallest absolute Gasteiger partial charge is 0.221 e. The Hall–Kier alpha value is -4.13. The van der Waals surface area contributed by atoms with Crippen LogP contribution in [0.4, 0.5) is 4.39 Å². The molecule has 0 bridgehead atoms. The molecule has 0 unspecified atom stereocenters. The molecule has 0 atom stereocenters. The average molecular weight is 415 g/mol. The Morgan fingerprint density at radius 1 is 0.968 bits per heavy atom. The van der Waals surface area contributed by atoms with E-state index in [0.29, 0.717) is 34.3 Å². The Bertz CT molecular complexity index is 1430. The molecule has 0 aliphatic heterocycles. The number of rotatable bonds is 4. The maximum absolute atomic E-state index is 13.3. The number of hydrogen-bond donors (Lipinski definition) is 2. The third-order valence-corrected chi connectivity index (χ3v) is 5.36. The third-order valence-electron chi connectivity index (χ3n) is 5.36. The van der Waals surface area contributed by atoms with Gasteiger partial charge in [-0.1, -0.05) is 18.2 Å². The van der Waals surface area contributed by atoms with Crippen LogP contribution in [0.2, 0.25) is 0 Å². The van der Waals surface area contributed by atoms with Crippen molar-refractivity contribution in [2.24, 2.45) is 0 Å². The highest BCUT2D eigenvalue weighted by Crippen LogP contribution is 2.47. The van der Waals surface area contributed by atoms with E-state index in [1.54, 1.807) is 54.5 Å². The number of benzene rings is 2. The number of phenols is 1. The van der Waals surface area contributed by atoms with Crippen LogP contribution in [0.3, 0.4) is 0 Å². The van der Waals surface area contributed by atoms with Crippen molar-refractivity contribution in [3.8, 4) is 28.6 Å². The summed E-state index contributed by atoms with van der Waals surface area (Å²) in [5.74, 6) is -0.113. The molecule has 2 N–H and O–H groups in total. The summed E-state index contributed by atoms with van der Waals surface area (Å²) in [5.41, 5.74) is 2.63. The highest BCUT2D eigenvalue weighted by Gasteiger charge is 2.23. The minimum Gasteiger partial charge on any atom is -0.505 e. The molecule has 154 valence electrons. The second-order valence-corrected chi connectivity index (χ2v) is 7.18. The van der Waals surface area contributed by atoms with Gasteiger partial charge in [0.15, 0.2) is 5.75 Å². The van der Waals surface area contributed by atoms with Gasteiger partial charge in [-0.15, -0.1) is 0 Å². The SMILES string of the molecule is COc1ncccc1-c1c2cccnc2c(O)c2c(O)n(Cc3ccc(F)cc3)cc12. The van der Waals surface area contributed by atoms with E-state index in [9.17, 15) is 14.6 Å². The fraction of sp³-hybridized carbons (Fsp3) is 0.0833. The Morgan fingerprint density at radius 3 is 2.48 bits per heavy atom. The lowest BCUT2D eigenvalue weighted by Crippen LogP contribution is -1.97. The Labute approximate surface area is 176 Å². The van der Waals surface area contributed by atoms with Crippen LogP contribution in [0.1, 0.15) is 5.56 Å². The number of fused-ring (bicyclic) bond motifs is 2. The molecule has 6 nitrogen and oxygen atoms in total. The van der Waals surface area contributed by atoms with Crippen LogP contribution < -0.4 is 4.74 Å². The Morgan fingerprint density at radius 2 is 1.71 bits per heavy atom. The van der Waals surface area contributed by atoms with E-state index in [2.05, 4.69) is 9.97 Å². The van der Waals surface area contributed by atoms with Crippen molar-refractivity contribution in [2.75, 3.05) is 7.11 Å². The van der Waals surface area contributed by atoms with Crippen molar-refractivity contribution in [2.45, 2.75) is 6.54 Å². The molecule has 31 heavy (non-hydrogen) atoms. The van der Waals surface area contributed by atoms with Crippen molar-refractivity contribution >= 4 is 21.7 Å². The number of phenolic OH excluding ortho intramolecular Hbond substituents is 1. The molecule has 0 saturated carbocycles. The first-order valence-electron chi connectivity index (χ1n) is 9.63. The van der Waals surface area contributed by atoms with Crippen LogP contribution >= 0.6 is 0 Å². The topological polar surface area (TPSA) is 80.4 Å². The van der Waals surface area contributed by atoms with E-state index in [-0.39, 0.29) is 22.8 Å². The standard InChI is InChI=1S/C24H18FN3O3/c1-31-23-17(5-3-11-27-23)19-16-4-2-10-26-21(16)22(29)20-18(19)13-28(24(20)30)12-14-6-8-15(25)9-7-14/h2-11,13,29-30H,12H2,1H3. The minimum atomic E-state index is -0.327. The van der Waals surface area contributed by atoms with E-state index >= 15 is 0 Å². The van der Waals surface area contributed by atoms with Crippen LogP contribution in [0.25, 0.3) is 32.8 Å². The lowest BCUT2D eigenvalue weighted by molar-refractivity contribution is 0.400. The molecule has 0 fully saturated rings. The number of pyridine rings is 2. The Kier molecular flexibility index (Phi) is 4.43. The lowest BCUT2D eigenvalue weighted by Gasteiger charge is -2.12. The molecular weight excluding hydrogens is 397 g/mol. The summed E-state index contributed by atoms with van der Waals surface area (Å²) in [7, 11) is 1.54. The summed E-state index contributed by atoms with van der Waals surface area (Å²) < 4.78 is 20.4. The quantitative estimate of drug-likeness (QED) is 0.438. The van der Waals surface area contributed by atoms with Gasteiger partial charge in [-0.05, 0) is 35.9 Å². The van der Waals surface area contributed by atoms with Gasteiger partial charge in [0.05, 0.1) is 19.0 Å². The van der Waals surface area contributed by atoms with Crippen LogP contribution in [0.5, 0.6) is 17.5 Å². The maximum atomic E-state index is 13.3. The summed E-state index contributed by atoms with van der Waals surface area (Å²) in [6, 6.07) is 13.4. The average Bonchev–Trinajstić information content (AvgIpc) is 3.11. The monoisotopic (exact) mass is 415 g/mol. The normalized spacial score (nSPS) is 11.3. The minimum absolute atomic E-state index is 0.103. The number of ether oxygens (including phenoxy) is 1. The zero-order chi connectivity index (χ0) is 21.5. The van der Waals surface area contributed by atoms with Crippen LogP contribution in [0, 0.1) is 5.82 Å². The number of aromatic hydroxyl groups is 2. The highest BCUT2D eigenvalue weighted by atomic mass is 19.1. The number of hydrogen-bond acceptors (Lipinski definition) is 5. The lowest BCUT2D eigenvalue weighted by atomic mass is 9.96. The molecule has 7 heteroatoms. The summed E-state index contributed by atoms with van der Waals surface area (Å²) in [5, 5.41) is 23.6. The van der Waals surface area contributed by atoms with Crippen LogP contribution in [-0.4, -0.2) is 31.9 Å². The van der Waals surface area contributed by atoms with E-state index in [1.165, 1.54) is 12.1 Å². The summed E-state index contributed by atoms with van der Waals surface area (Å²) in [6.07, 6.45) is 4.99. The van der Waals surface area contributed by atoms with Crippen molar-refractivity contribution < 1.29 is 19.3 Å². The van der Waals surface area contributed by atoms with Gasteiger partial charge in [-0.3, -0.25) is 4.98 Å². The second-order valence-electron chi connectivity index (χ2n) is 7.18. The number of halogens is 1. The van der Waals surface area contributed by atoms with Crippen molar-refractivity contribution in [1.82, 2.24) is 14.5 Å². The molecule has 3 heterocycles. The van der Waals surface area contributed by atoms with Crippen molar-refractivity contribution in [3.05, 3.63) is 78.5 Å². The Balaban J connectivity index is 1.84. The van der Waals surface area contributed by atoms with E-state index in [4.69, 9.17) is 4.74 Å². The predicted octanol–water partition coefficient (Wildman–Crippen LogP) is 4.86. The molecular formula is C24H18FN3O3. The molecule has 5 aromatic rings. The zero-order valence-corrected chi connectivity index (χ0v) is 16.6. The summed E-state index contributed by atoms with van der Waals surface area (Å²) in [4.78, 5) is 8.65. The molecule has 0 saturated heterocycles. The van der Waals surface area contributed by atoms with Gasteiger partial charge in [-0.25, -0.2) is 9.37 Å². The van der Waals surface area contributed by atoms with Gasteiger partial charge >= 0.3 is 0 Å². The fourth-order valence-electron chi connectivity index (χ4n) is 3.97. The number of nitrogens with zero attached hydrogens (tertiary/aromatic N) is 3. The first kappa shape index (κ1) is 18.9. The molecule has 3 aromatic heterocycles. The van der Waals surface area contributed by atoms with E-state index in [0.717, 1.165) is 11.1 Å². The predicted molar refractivity (Wildman–Crippen MR) is 116 cm³/mol. The molecule has 0 amide bonds. The summed E-state index contributed by atoms with van der Waals surface area (Å²) in [6.45, 7) is 0.299. The van der Waals surface area contributed by atoms with Gasteiger partial charge < -0.3 is 19.5 Å². The van der Waals surface area contributed by atoms with Crippen molar-refractivity contribution in [1.29, 1.82) is 0 Å². The van der Waals surface area contributed by atoms with E-state index < -0.39 is 0 Å². The van der Waals surface area contributed by atoms with Gasteiger partial charge in [0, 0.05) is 40.5 Å². The number of aromatic nitrogens is 3. The van der Waals surface area contributed by atoms with Crippen LogP contribution in [0.15, 0.2) is 67.1 Å². The van der Waals surface area contributed by atoms with E-state index in [1.807, 2.05) is 12.1 Å².